The minimum Gasteiger partial charge on any atom is -0.339 e. The molecule has 0 radical (unpaired) electrons. The molecule has 1 atom stereocenters. The summed E-state index contributed by atoms with van der Waals surface area (Å²) in [7, 11) is 1.75. The molecule has 1 amide bonds. The third kappa shape index (κ3) is 3.80. The van der Waals surface area contributed by atoms with Crippen LogP contribution in [-0.4, -0.2) is 45.6 Å². The van der Waals surface area contributed by atoms with Gasteiger partial charge in [0.05, 0.1) is 0 Å². The number of hydrogen-bond donors (Lipinski definition) is 2. The van der Waals surface area contributed by atoms with E-state index in [1.807, 2.05) is 6.92 Å². The van der Waals surface area contributed by atoms with Gasteiger partial charge in [0.1, 0.15) is 5.82 Å². The Bertz CT molecular complexity index is 388. The number of nitrogens with zero attached hydrogens (tertiary/aromatic N) is 3. The van der Waals surface area contributed by atoms with Crippen LogP contribution in [0.3, 0.4) is 0 Å². The van der Waals surface area contributed by atoms with Crippen LogP contribution in [0.4, 0.5) is 0 Å². The minimum atomic E-state index is -0.165. The van der Waals surface area contributed by atoms with Gasteiger partial charge in [0, 0.05) is 26.1 Å². The van der Waals surface area contributed by atoms with Gasteiger partial charge in [0.15, 0.2) is 0 Å². The molecule has 0 aliphatic rings. The molecular weight excluding hydrogens is 230 g/mol. The van der Waals surface area contributed by atoms with Gasteiger partial charge < -0.3 is 10.6 Å². The lowest BCUT2D eigenvalue weighted by Crippen LogP contribution is -2.35. The van der Waals surface area contributed by atoms with Gasteiger partial charge >= 0.3 is 0 Å². The SMILES string of the molecule is CCc1nc(C(=O)N(C)CCC(N)C(C)C)n[nH]1. The zero-order valence-corrected chi connectivity index (χ0v) is 11.6. The van der Waals surface area contributed by atoms with Gasteiger partial charge in [-0.1, -0.05) is 20.8 Å². The van der Waals surface area contributed by atoms with Crippen molar-refractivity contribution in [2.75, 3.05) is 13.6 Å². The highest BCUT2D eigenvalue weighted by Gasteiger charge is 2.18. The first-order valence-corrected chi connectivity index (χ1v) is 6.38. The summed E-state index contributed by atoms with van der Waals surface area (Å²) in [5.74, 6) is 1.21. The summed E-state index contributed by atoms with van der Waals surface area (Å²) in [5.41, 5.74) is 5.95. The number of H-pyrrole nitrogens is 1. The Morgan fingerprint density at radius 1 is 1.50 bits per heavy atom. The van der Waals surface area contributed by atoms with E-state index < -0.39 is 0 Å². The van der Waals surface area contributed by atoms with Crippen LogP contribution >= 0.6 is 0 Å². The van der Waals surface area contributed by atoms with Gasteiger partial charge in [-0.2, -0.15) is 0 Å². The number of nitrogens with one attached hydrogen (secondary N) is 1. The summed E-state index contributed by atoms with van der Waals surface area (Å²) < 4.78 is 0. The topological polar surface area (TPSA) is 87.9 Å². The fourth-order valence-corrected chi connectivity index (χ4v) is 1.50. The van der Waals surface area contributed by atoms with E-state index in [4.69, 9.17) is 5.73 Å². The molecule has 1 unspecified atom stereocenters. The van der Waals surface area contributed by atoms with Crippen molar-refractivity contribution in [2.45, 2.75) is 39.7 Å². The van der Waals surface area contributed by atoms with Crippen molar-refractivity contribution < 1.29 is 4.79 Å². The zero-order chi connectivity index (χ0) is 13.7. The molecule has 0 saturated carbocycles. The molecular formula is C12H23N5O. The number of carbonyl (C=O) groups excluding carboxylic acids is 1. The molecule has 1 rings (SSSR count). The molecule has 0 saturated heterocycles. The maximum Gasteiger partial charge on any atom is 0.293 e. The maximum atomic E-state index is 12.0. The Labute approximate surface area is 108 Å². The lowest BCUT2D eigenvalue weighted by molar-refractivity contribution is 0.0777. The second-order valence-corrected chi connectivity index (χ2v) is 4.88. The summed E-state index contributed by atoms with van der Waals surface area (Å²) >= 11 is 0. The van der Waals surface area contributed by atoms with Crippen molar-refractivity contribution in [1.82, 2.24) is 20.1 Å². The molecule has 0 fully saturated rings. The molecule has 0 aliphatic heterocycles. The Morgan fingerprint density at radius 2 is 2.17 bits per heavy atom. The molecule has 6 heteroatoms. The largest absolute Gasteiger partial charge is 0.339 e. The van der Waals surface area contributed by atoms with E-state index in [9.17, 15) is 4.79 Å². The van der Waals surface area contributed by atoms with E-state index in [1.54, 1.807) is 11.9 Å². The molecule has 1 heterocycles. The van der Waals surface area contributed by atoms with Crippen molar-refractivity contribution in [2.24, 2.45) is 11.7 Å². The Balaban J connectivity index is 2.51. The van der Waals surface area contributed by atoms with Crippen LogP contribution in [0.2, 0.25) is 0 Å². The van der Waals surface area contributed by atoms with Gasteiger partial charge in [-0.15, -0.1) is 5.10 Å². The summed E-state index contributed by atoms with van der Waals surface area (Å²) in [5, 5.41) is 6.65. The molecule has 0 bridgehead atoms. The first-order valence-electron chi connectivity index (χ1n) is 6.38. The molecule has 102 valence electrons. The second kappa shape index (κ2) is 6.49. The highest BCUT2D eigenvalue weighted by atomic mass is 16.2. The van der Waals surface area contributed by atoms with E-state index in [0.717, 1.165) is 18.7 Å². The molecule has 0 aromatic carbocycles. The fraction of sp³-hybridized carbons (Fsp3) is 0.750. The average Bonchev–Trinajstić information content (AvgIpc) is 2.82. The van der Waals surface area contributed by atoms with Crippen LogP contribution < -0.4 is 5.73 Å². The first-order chi connectivity index (χ1) is 8.45. The predicted molar refractivity (Wildman–Crippen MR) is 70.2 cm³/mol. The van der Waals surface area contributed by atoms with Crippen LogP contribution in [0.1, 0.15) is 43.6 Å². The molecule has 18 heavy (non-hydrogen) atoms. The fourth-order valence-electron chi connectivity index (χ4n) is 1.50. The Morgan fingerprint density at radius 3 is 2.67 bits per heavy atom. The number of aromatic amines is 1. The molecule has 1 aromatic heterocycles. The number of hydrogen-bond acceptors (Lipinski definition) is 4. The Kier molecular flexibility index (Phi) is 5.27. The highest BCUT2D eigenvalue weighted by Crippen LogP contribution is 2.05. The number of carbonyl (C=O) groups is 1. The third-order valence-corrected chi connectivity index (χ3v) is 3.06. The summed E-state index contributed by atoms with van der Waals surface area (Å²) in [4.78, 5) is 17.7. The molecule has 0 spiro atoms. The standard InChI is InChI=1S/C12H23N5O/c1-5-10-14-11(16-15-10)12(18)17(4)7-6-9(13)8(2)3/h8-9H,5-7,13H2,1-4H3,(H,14,15,16). The Hall–Kier alpha value is -1.43. The minimum absolute atomic E-state index is 0.110. The van der Waals surface area contributed by atoms with E-state index in [1.165, 1.54) is 0 Å². The average molecular weight is 253 g/mol. The van der Waals surface area contributed by atoms with Gasteiger partial charge in [-0.05, 0) is 12.3 Å². The van der Waals surface area contributed by atoms with Crippen molar-refractivity contribution in [3.8, 4) is 0 Å². The monoisotopic (exact) mass is 253 g/mol. The number of amides is 1. The maximum absolute atomic E-state index is 12.0. The van der Waals surface area contributed by atoms with Crippen molar-refractivity contribution in [3.05, 3.63) is 11.6 Å². The molecule has 6 nitrogen and oxygen atoms in total. The lowest BCUT2D eigenvalue weighted by Gasteiger charge is -2.20. The molecule has 1 aromatic rings. The van der Waals surface area contributed by atoms with Gasteiger partial charge in [-0.3, -0.25) is 9.89 Å². The van der Waals surface area contributed by atoms with E-state index >= 15 is 0 Å². The highest BCUT2D eigenvalue weighted by molar-refractivity contribution is 5.90. The normalized spacial score (nSPS) is 12.8. The van der Waals surface area contributed by atoms with Crippen molar-refractivity contribution >= 4 is 5.91 Å². The number of aromatic nitrogens is 3. The van der Waals surface area contributed by atoms with Crippen LogP contribution in [0.15, 0.2) is 0 Å². The van der Waals surface area contributed by atoms with Crippen LogP contribution in [0, 0.1) is 5.92 Å². The van der Waals surface area contributed by atoms with E-state index in [-0.39, 0.29) is 17.8 Å². The summed E-state index contributed by atoms with van der Waals surface area (Å²) in [6, 6.07) is 0.110. The van der Waals surface area contributed by atoms with Gasteiger partial charge in [0.2, 0.25) is 5.82 Å². The first kappa shape index (κ1) is 14.6. The van der Waals surface area contributed by atoms with Crippen LogP contribution in [0.5, 0.6) is 0 Å². The predicted octanol–water partition coefficient (Wildman–Crippen LogP) is 0.812. The van der Waals surface area contributed by atoms with Crippen molar-refractivity contribution in [1.29, 1.82) is 0 Å². The van der Waals surface area contributed by atoms with E-state index in [0.29, 0.717) is 12.5 Å². The number of rotatable bonds is 6. The van der Waals surface area contributed by atoms with E-state index in [2.05, 4.69) is 29.0 Å². The third-order valence-electron chi connectivity index (χ3n) is 3.06. The van der Waals surface area contributed by atoms with Crippen LogP contribution in [0.25, 0.3) is 0 Å². The smallest absolute Gasteiger partial charge is 0.293 e. The zero-order valence-electron chi connectivity index (χ0n) is 11.6. The molecule has 0 aliphatic carbocycles. The summed E-state index contributed by atoms with van der Waals surface area (Å²) in [6.07, 6.45) is 1.52. The van der Waals surface area contributed by atoms with Gasteiger partial charge in [-0.25, -0.2) is 4.98 Å². The number of aryl methyl sites for hydroxylation is 1. The van der Waals surface area contributed by atoms with Crippen LogP contribution in [-0.2, 0) is 6.42 Å². The lowest BCUT2D eigenvalue weighted by atomic mass is 10.0. The second-order valence-electron chi connectivity index (χ2n) is 4.88. The van der Waals surface area contributed by atoms with Gasteiger partial charge in [0.25, 0.3) is 5.91 Å². The quantitative estimate of drug-likeness (QED) is 0.785. The molecule has 3 N–H and O–H groups in total. The number of nitrogens with two attached hydrogens (primary N) is 1. The van der Waals surface area contributed by atoms with Crippen molar-refractivity contribution in [3.63, 3.8) is 0 Å². The summed E-state index contributed by atoms with van der Waals surface area (Å²) in [6.45, 7) is 6.73.